The number of anilines is 1. The molecule has 1 N–H and O–H groups in total. The average molecular weight is 260 g/mol. The number of nitro groups is 1. The Kier molecular flexibility index (Phi) is 3.17. The molecule has 1 aromatic rings. The normalized spacial score (nSPS) is 28.6. The minimum atomic E-state index is -0.331. The molecule has 3 rings (SSSR count). The van der Waals surface area contributed by atoms with Crippen LogP contribution in [-0.4, -0.2) is 11.5 Å². The summed E-state index contributed by atoms with van der Waals surface area (Å²) in [6.07, 6.45) is 5.54. The maximum absolute atomic E-state index is 10.8. The van der Waals surface area contributed by atoms with Crippen molar-refractivity contribution >= 4 is 11.4 Å². The average Bonchev–Trinajstić information content (AvgIpc) is 2.99. The first-order valence-corrected chi connectivity index (χ1v) is 7.12. The van der Waals surface area contributed by atoms with E-state index < -0.39 is 0 Å². The Morgan fingerprint density at radius 3 is 2.84 bits per heavy atom. The molecule has 3 unspecified atom stereocenters. The molecule has 2 aliphatic rings. The topological polar surface area (TPSA) is 55.2 Å². The van der Waals surface area contributed by atoms with Gasteiger partial charge in [0, 0.05) is 24.4 Å². The molecule has 0 amide bonds. The second-order valence-corrected chi connectivity index (χ2v) is 6.07. The minimum Gasteiger partial charge on any atom is -0.384 e. The monoisotopic (exact) mass is 260 g/mol. The zero-order valence-electron chi connectivity index (χ0n) is 11.3. The fraction of sp³-hybridized carbons (Fsp3) is 0.600. The number of non-ortho nitro benzene ring substituents is 1. The van der Waals surface area contributed by atoms with Crippen LogP contribution in [0.4, 0.5) is 11.4 Å². The van der Waals surface area contributed by atoms with Gasteiger partial charge in [-0.25, -0.2) is 0 Å². The summed E-state index contributed by atoms with van der Waals surface area (Å²) in [4.78, 5) is 10.5. The largest absolute Gasteiger partial charge is 0.384 e. The summed E-state index contributed by atoms with van der Waals surface area (Å²) in [6.45, 7) is 2.95. The van der Waals surface area contributed by atoms with Gasteiger partial charge in [0.2, 0.25) is 0 Å². The van der Waals surface area contributed by atoms with E-state index in [0.717, 1.165) is 35.5 Å². The fourth-order valence-corrected chi connectivity index (χ4v) is 3.78. The Hall–Kier alpha value is -1.58. The van der Waals surface area contributed by atoms with Crippen LogP contribution in [0.1, 0.15) is 31.2 Å². The third-order valence-electron chi connectivity index (χ3n) is 4.87. The van der Waals surface area contributed by atoms with Crippen molar-refractivity contribution in [2.45, 2.75) is 32.6 Å². The number of hydrogen-bond donors (Lipinski definition) is 1. The van der Waals surface area contributed by atoms with Crippen LogP contribution in [0.25, 0.3) is 0 Å². The molecule has 0 spiro atoms. The van der Waals surface area contributed by atoms with E-state index in [4.69, 9.17) is 0 Å². The SMILES string of the molecule is Cc1ccc([N+](=O)[O-])cc1NCC1CC2CCC1C2. The summed E-state index contributed by atoms with van der Waals surface area (Å²) in [5.74, 6) is 2.59. The third kappa shape index (κ3) is 2.44. The number of hydrogen-bond acceptors (Lipinski definition) is 3. The highest BCUT2D eigenvalue weighted by Crippen LogP contribution is 2.48. The molecule has 0 saturated heterocycles. The number of nitrogens with zero attached hydrogens (tertiary/aromatic N) is 1. The molecule has 2 aliphatic carbocycles. The van der Waals surface area contributed by atoms with E-state index in [2.05, 4.69) is 5.32 Å². The molecular formula is C15H20N2O2. The van der Waals surface area contributed by atoms with Gasteiger partial charge in [0.05, 0.1) is 4.92 Å². The van der Waals surface area contributed by atoms with Crippen LogP contribution >= 0.6 is 0 Å². The summed E-state index contributed by atoms with van der Waals surface area (Å²) >= 11 is 0. The highest BCUT2D eigenvalue weighted by Gasteiger charge is 2.39. The van der Waals surface area contributed by atoms with Crippen LogP contribution in [0.5, 0.6) is 0 Å². The summed E-state index contributed by atoms with van der Waals surface area (Å²) in [5.41, 5.74) is 2.16. The van der Waals surface area contributed by atoms with Crippen LogP contribution in [0.2, 0.25) is 0 Å². The van der Waals surface area contributed by atoms with Gasteiger partial charge in [-0.3, -0.25) is 10.1 Å². The number of nitro benzene ring substituents is 1. The maximum atomic E-state index is 10.8. The van der Waals surface area contributed by atoms with Gasteiger partial charge < -0.3 is 5.32 Å². The van der Waals surface area contributed by atoms with E-state index in [-0.39, 0.29) is 10.6 Å². The Bertz CT molecular complexity index is 501. The molecule has 19 heavy (non-hydrogen) atoms. The lowest BCUT2D eigenvalue weighted by atomic mass is 9.89. The number of fused-ring (bicyclic) bond motifs is 2. The fourth-order valence-electron chi connectivity index (χ4n) is 3.78. The maximum Gasteiger partial charge on any atom is 0.271 e. The molecule has 2 fully saturated rings. The quantitative estimate of drug-likeness (QED) is 0.662. The second kappa shape index (κ2) is 4.83. The molecule has 2 saturated carbocycles. The highest BCUT2D eigenvalue weighted by atomic mass is 16.6. The van der Waals surface area contributed by atoms with Gasteiger partial charge in [0.1, 0.15) is 0 Å². The van der Waals surface area contributed by atoms with Crippen molar-refractivity contribution in [1.29, 1.82) is 0 Å². The molecule has 3 atom stereocenters. The van der Waals surface area contributed by atoms with E-state index in [1.165, 1.54) is 25.7 Å². The summed E-state index contributed by atoms with van der Waals surface area (Å²) < 4.78 is 0. The highest BCUT2D eigenvalue weighted by molar-refractivity contribution is 5.56. The van der Waals surface area contributed by atoms with Crippen LogP contribution in [-0.2, 0) is 0 Å². The second-order valence-electron chi connectivity index (χ2n) is 6.07. The van der Waals surface area contributed by atoms with Crippen molar-refractivity contribution in [3.63, 3.8) is 0 Å². The molecule has 0 aromatic heterocycles. The van der Waals surface area contributed by atoms with E-state index in [1.54, 1.807) is 12.1 Å². The summed E-state index contributed by atoms with van der Waals surface area (Å²) in [5, 5.41) is 14.2. The first-order valence-electron chi connectivity index (χ1n) is 7.12. The van der Waals surface area contributed by atoms with Gasteiger partial charge in [-0.15, -0.1) is 0 Å². The van der Waals surface area contributed by atoms with Gasteiger partial charge in [0.25, 0.3) is 5.69 Å². The van der Waals surface area contributed by atoms with Gasteiger partial charge in [-0.2, -0.15) is 0 Å². The lowest BCUT2D eigenvalue weighted by Gasteiger charge is -2.22. The standard InChI is InChI=1S/C15H20N2O2/c1-10-2-5-14(17(18)19)8-15(10)16-9-13-7-11-3-4-12(13)6-11/h2,5,8,11-13,16H,3-4,6-7,9H2,1H3. The van der Waals surface area contributed by atoms with Gasteiger partial charge in [-0.1, -0.05) is 12.5 Å². The van der Waals surface area contributed by atoms with E-state index in [9.17, 15) is 10.1 Å². The molecule has 4 heteroatoms. The third-order valence-corrected chi connectivity index (χ3v) is 4.87. The molecule has 0 aliphatic heterocycles. The number of aryl methyl sites for hydroxylation is 1. The predicted octanol–water partition coefficient (Wildman–Crippen LogP) is 3.75. The summed E-state index contributed by atoms with van der Waals surface area (Å²) in [6, 6.07) is 5.04. The first-order chi connectivity index (χ1) is 9.13. The van der Waals surface area contributed by atoms with E-state index >= 15 is 0 Å². The van der Waals surface area contributed by atoms with Crippen LogP contribution < -0.4 is 5.32 Å². The summed E-state index contributed by atoms with van der Waals surface area (Å²) in [7, 11) is 0. The number of rotatable bonds is 4. The van der Waals surface area contributed by atoms with Crippen molar-refractivity contribution in [2.24, 2.45) is 17.8 Å². The van der Waals surface area contributed by atoms with Gasteiger partial charge >= 0.3 is 0 Å². The molecule has 1 aromatic carbocycles. The lowest BCUT2D eigenvalue weighted by molar-refractivity contribution is -0.384. The van der Waals surface area contributed by atoms with Crippen molar-refractivity contribution in [3.8, 4) is 0 Å². The van der Waals surface area contributed by atoms with Crippen molar-refractivity contribution in [1.82, 2.24) is 0 Å². The van der Waals surface area contributed by atoms with Crippen molar-refractivity contribution in [2.75, 3.05) is 11.9 Å². The number of nitrogens with one attached hydrogen (secondary N) is 1. The van der Waals surface area contributed by atoms with Crippen LogP contribution in [0.15, 0.2) is 18.2 Å². The first kappa shape index (κ1) is 12.5. The van der Waals surface area contributed by atoms with Crippen molar-refractivity contribution in [3.05, 3.63) is 33.9 Å². The predicted molar refractivity (Wildman–Crippen MR) is 75.3 cm³/mol. The Morgan fingerprint density at radius 1 is 1.37 bits per heavy atom. The van der Waals surface area contributed by atoms with E-state index in [0.29, 0.717) is 0 Å². The van der Waals surface area contributed by atoms with Gasteiger partial charge in [0.15, 0.2) is 0 Å². The molecule has 4 nitrogen and oxygen atoms in total. The Labute approximate surface area is 113 Å². The molecule has 0 radical (unpaired) electrons. The molecule has 0 heterocycles. The zero-order chi connectivity index (χ0) is 13.4. The van der Waals surface area contributed by atoms with Crippen LogP contribution in [0, 0.1) is 34.8 Å². The molecule has 102 valence electrons. The van der Waals surface area contributed by atoms with Crippen molar-refractivity contribution < 1.29 is 4.92 Å². The lowest BCUT2D eigenvalue weighted by Crippen LogP contribution is -2.20. The Morgan fingerprint density at radius 2 is 2.21 bits per heavy atom. The molecular weight excluding hydrogens is 240 g/mol. The number of benzene rings is 1. The van der Waals surface area contributed by atoms with Crippen LogP contribution in [0.3, 0.4) is 0 Å². The van der Waals surface area contributed by atoms with E-state index in [1.807, 2.05) is 13.0 Å². The zero-order valence-corrected chi connectivity index (χ0v) is 11.3. The van der Waals surface area contributed by atoms with Gasteiger partial charge in [-0.05, 0) is 49.5 Å². The Balaban J connectivity index is 1.66. The smallest absolute Gasteiger partial charge is 0.271 e. The minimum absolute atomic E-state index is 0.168. The molecule has 2 bridgehead atoms.